The molecule has 298 valence electrons. The Labute approximate surface area is 313 Å². The first-order valence-electron chi connectivity index (χ1n) is 17.6. The molecule has 7 amide bonds. The Kier molecular flexibility index (Phi) is 20.9. The molecule has 1 aromatic rings. The molecule has 0 unspecified atom stereocenters. The zero-order valence-corrected chi connectivity index (χ0v) is 31.1. The van der Waals surface area contributed by atoms with E-state index in [9.17, 15) is 43.2 Å². The first-order chi connectivity index (χ1) is 25.4. The van der Waals surface area contributed by atoms with E-state index < -0.39 is 89.9 Å². The molecule has 1 aromatic carbocycles. The van der Waals surface area contributed by atoms with Crippen molar-refractivity contribution < 1.29 is 53.0 Å². The first kappa shape index (κ1) is 46.2. The van der Waals surface area contributed by atoms with E-state index in [0.717, 1.165) is 13.0 Å². The fraction of sp³-hybridized carbons (Fsp3) is 0.528. The number of hydrogen-bond donors (Lipinski definition) is 8. The van der Waals surface area contributed by atoms with Crippen LogP contribution in [0.5, 0.6) is 0 Å². The van der Waals surface area contributed by atoms with Crippen LogP contribution < -0.4 is 38.1 Å². The van der Waals surface area contributed by atoms with Crippen molar-refractivity contribution in [3.8, 4) is 0 Å². The Hall–Kier alpha value is -5.81. The van der Waals surface area contributed by atoms with Gasteiger partial charge in [-0.05, 0) is 44.1 Å². The summed E-state index contributed by atoms with van der Waals surface area (Å²) < 4.78 is 4.87. The van der Waals surface area contributed by atoms with Crippen LogP contribution in [0, 0.1) is 5.92 Å². The van der Waals surface area contributed by atoms with Crippen molar-refractivity contribution in [3.05, 3.63) is 48.0 Å². The smallest absolute Gasteiger partial charge is 0.330 e. The molecule has 0 saturated carbocycles. The van der Waals surface area contributed by atoms with Crippen molar-refractivity contribution >= 4 is 53.3 Å². The van der Waals surface area contributed by atoms with Gasteiger partial charge in [-0.2, -0.15) is 0 Å². The van der Waals surface area contributed by atoms with E-state index in [1.54, 1.807) is 51.1 Å². The average molecular weight is 760 g/mol. The standard InChI is InChI=1S/C36H53N7O11/c1-5-54-32(49)18-12-24(11-15-29(37)45)40-35(52)27(19-21(2)3)42-34(51)26(13-16-30(38)46)41-36(53)28(20-23-9-7-6-8-10-23)43-33(50)25(39-22(4)44)14-17-31(47)48/h6-10,12,18,21,24-28H,5,11,13-17,19-20H2,1-4H3,(H2,37,45)(H2,38,46)(H,39,44)(H,40,52)(H,41,53)(H,42,51)(H,43,50)(H,47,48)/t24-,25-,26-,27-,28-/m0/s1. The summed E-state index contributed by atoms with van der Waals surface area (Å²) in [5, 5.41) is 21.9. The Morgan fingerprint density at radius 3 is 1.74 bits per heavy atom. The normalized spacial score (nSPS) is 13.7. The van der Waals surface area contributed by atoms with Crippen LogP contribution in [0.15, 0.2) is 42.5 Å². The molecule has 0 aromatic heterocycles. The van der Waals surface area contributed by atoms with Gasteiger partial charge in [0.05, 0.1) is 6.61 Å². The van der Waals surface area contributed by atoms with Gasteiger partial charge in [-0.1, -0.05) is 50.3 Å². The number of aliphatic carboxylic acids is 1. The summed E-state index contributed by atoms with van der Waals surface area (Å²) in [5.41, 5.74) is 11.2. The molecule has 0 aliphatic carbocycles. The van der Waals surface area contributed by atoms with E-state index in [-0.39, 0.29) is 57.5 Å². The maximum absolute atomic E-state index is 13.8. The van der Waals surface area contributed by atoms with Gasteiger partial charge in [0.2, 0.25) is 41.4 Å². The lowest BCUT2D eigenvalue weighted by atomic mass is 10.0. The van der Waals surface area contributed by atoms with Crippen LogP contribution in [-0.4, -0.2) is 95.2 Å². The number of esters is 1. The molecule has 0 spiro atoms. The molecule has 0 heterocycles. The molecule has 0 saturated heterocycles. The highest BCUT2D eigenvalue weighted by atomic mass is 16.5. The molecule has 0 aliphatic rings. The molecule has 5 atom stereocenters. The maximum atomic E-state index is 13.8. The Balaban J connectivity index is 3.39. The maximum Gasteiger partial charge on any atom is 0.330 e. The summed E-state index contributed by atoms with van der Waals surface area (Å²) in [6.45, 7) is 6.47. The predicted molar refractivity (Wildman–Crippen MR) is 194 cm³/mol. The summed E-state index contributed by atoms with van der Waals surface area (Å²) in [4.78, 5) is 113. The van der Waals surface area contributed by atoms with Crippen LogP contribution in [0.1, 0.15) is 78.2 Å². The zero-order chi connectivity index (χ0) is 40.8. The van der Waals surface area contributed by atoms with Gasteiger partial charge in [-0.3, -0.25) is 38.4 Å². The number of amides is 7. The lowest BCUT2D eigenvalue weighted by molar-refractivity contribution is -0.138. The summed E-state index contributed by atoms with van der Waals surface area (Å²) in [6, 6.07) is 2.39. The minimum absolute atomic E-state index is 0.0320. The number of carboxylic acid groups (broad SMARTS) is 1. The average Bonchev–Trinajstić information content (AvgIpc) is 3.08. The number of carbonyl (C=O) groups is 9. The van der Waals surface area contributed by atoms with E-state index in [0.29, 0.717) is 5.56 Å². The van der Waals surface area contributed by atoms with Gasteiger partial charge >= 0.3 is 11.9 Å². The van der Waals surface area contributed by atoms with Gasteiger partial charge in [0.15, 0.2) is 0 Å². The number of benzene rings is 1. The lowest BCUT2D eigenvalue weighted by Crippen LogP contribution is -2.59. The second-order valence-electron chi connectivity index (χ2n) is 12.9. The minimum atomic E-state index is -1.44. The lowest BCUT2D eigenvalue weighted by Gasteiger charge is -2.27. The molecule has 0 radical (unpaired) electrons. The van der Waals surface area contributed by atoms with E-state index in [4.69, 9.17) is 21.3 Å². The molecule has 54 heavy (non-hydrogen) atoms. The zero-order valence-electron chi connectivity index (χ0n) is 31.1. The fourth-order valence-corrected chi connectivity index (χ4v) is 5.10. The van der Waals surface area contributed by atoms with Gasteiger partial charge in [-0.15, -0.1) is 0 Å². The molecular formula is C36H53N7O11. The van der Waals surface area contributed by atoms with Crippen LogP contribution >= 0.6 is 0 Å². The fourth-order valence-electron chi connectivity index (χ4n) is 5.10. The third kappa shape index (κ3) is 19.7. The number of carboxylic acids is 1. The third-order valence-electron chi connectivity index (χ3n) is 7.69. The minimum Gasteiger partial charge on any atom is -0.481 e. The second-order valence-corrected chi connectivity index (χ2v) is 12.9. The number of nitrogens with one attached hydrogen (secondary N) is 5. The van der Waals surface area contributed by atoms with Gasteiger partial charge in [0.1, 0.15) is 24.2 Å². The van der Waals surface area contributed by atoms with Crippen LogP contribution in [0.3, 0.4) is 0 Å². The quantitative estimate of drug-likeness (QED) is 0.0453. The van der Waals surface area contributed by atoms with Gasteiger partial charge < -0.3 is 47.9 Å². The van der Waals surface area contributed by atoms with Crippen LogP contribution in [0.2, 0.25) is 0 Å². The van der Waals surface area contributed by atoms with Crippen molar-refractivity contribution in [2.45, 2.75) is 109 Å². The SMILES string of the molecule is CCOC(=O)C=C[C@H](CCC(N)=O)NC(=O)[C@H](CC(C)C)NC(=O)[C@H](CCC(N)=O)NC(=O)[C@H](Cc1ccccc1)NC(=O)[C@H](CCC(=O)O)NC(C)=O. The van der Waals surface area contributed by atoms with Crippen molar-refractivity contribution in [1.29, 1.82) is 0 Å². The monoisotopic (exact) mass is 759 g/mol. The predicted octanol–water partition coefficient (Wildman–Crippen LogP) is -0.766. The number of hydrogen-bond acceptors (Lipinski definition) is 10. The van der Waals surface area contributed by atoms with Crippen LogP contribution in [0.25, 0.3) is 0 Å². The Bertz CT molecular complexity index is 1500. The summed E-state index contributed by atoms with van der Waals surface area (Å²) >= 11 is 0. The number of primary amides is 2. The van der Waals surface area contributed by atoms with Gasteiger partial charge in [-0.25, -0.2) is 4.79 Å². The van der Waals surface area contributed by atoms with E-state index in [1.807, 2.05) is 0 Å². The number of nitrogens with two attached hydrogens (primary N) is 2. The molecule has 18 nitrogen and oxygen atoms in total. The largest absolute Gasteiger partial charge is 0.481 e. The summed E-state index contributed by atoms with van der Waals surface area (Å²) in [5.74, 6) is -7.31. The van der Waals surface area contributed by atoms with Crippen molar-refractivity contribution in [2.24, 2.45) is 17.4 Å². The molecule has 10 N–H and O–H groups in total. The molecule has 1 rings (SSSR count). The highest BCUT2D eigenvalue weighted by Crippen LogP contribution is 2.11. The Morgan fingerprint density at radius 1 is 0.704 bits per heavy atom. The highest BCUT2D eigenvalue weighted by Gasteiger charge is 2.32. The topological polar surface area (TPSA) is 295 Å². The summed E-state index contributed by atoms with van der Waals surface area (Å²) in [6.07, 6.45) is 1.00. The second kappa shape index (κ2) is 24.4. The Morgan fingerprint density at radius 2 is 1.20 bits per heavy atom. The van der Waals surface area contributed by atoms with E-state index >= 15 is 0 Å². The van der Waals surface area contributed by atoms with E-state index in [1.165, 1.54) is 6.08 Å². The van der Waals surface area contributed by atoms with Gasteiger partial charge in [0.25, 0.3) is 0 Å². The van der Waals surface area contributed by atoms with Crippen LogP contribution in [-0.2, 0) is 54.3 Å². The first-order valence-corrected chi connectivity index (χ1v) is 17.6. The van der Waals surface area contributed by atoms with Crippen molar-refractivity contribution in [1.82, 2.24) is 26.6 Å². The number of rotatable bonds is 25. The molecular weight excluding hydrogens is 706 g/mol. The number of carbonyl (C=O) groups excluding carboxylic acids is 8. The third-order valence-corrected chi connectivity index (χ3v) is 7.69. The molecule has 0 aliphatic heterocycles. The molecule has 0 bridgehead atoms. The number of ether oxygens (including phenoxy) is 1. The highest BCUT2D eigenvalue weighted by molar-refractivity contribution is 5.96. The van der Waals surface area contributed by atoms with Crippen molar-refractivity contribution in [3.63, 3.8) is 0 Å². The van der Waals surface area contributed by atoms with E-state index in [2.05, 4.69) is 26.6 Å². The molecule has 18 heteroatoms. The van der Waals surface area contributed by atoms with Crippen LogP contribution in [0.4, 0.5) is 0 Å². The van der Waals surface area contributed by atoms with Gasteiger partial charge in [0, 0.05) is 44.7 Å². The molecule has 0 fully saturated rings. The summed E-state index contributed by atoms with van der Waals surface area (Å²) in [7, 11) is 0. The van der Waals surface area contributed by atoms with Crippen molar-refractivity contribution in [2.75, 3.05) is 6.61 Å².